The van der Waals surface area contributed by atoms with E-state index < -0.39 is 8.07 Å². The molecule has 0 aliphatic carbocycles. The Morgan fingerprint density at radius 3 is 2.47 bits per heavy atom. The molecule has 1 unspecified atom stereocenters. The normalized spacial score (nSPS) is 12.9. The van der Waals surface area contributed by atoms with Crippen LogP contribution in [0.5, 0.6) is 5.75 Å². The van der Waals surface area contributed by atoms with Gasteiger partial charge in [-0.25, -0.2) is 0 Å². The summed E-state index contributed by atoms with van der Waals surface area (Å²) in [5.74, 6) is 8.14. The first-order valence-corrected chi connectivity index (χ1v) is 16.8. The maximum atomic E-state index is 6.39. The molecule has 0 N–H and O–H groups in total. The third-order valence-electron chi connectivity index (χ3n) is 6.76. The minimum absolute atomic E-state index is 0.0737. The summed E-state index contributed by atoms with van der Waals surface area (Å²) in [6, 6.07) is 24.3. The molecule has 0 saturated heterocycles. The SMILES string of the molecule is CCC(CCC/C=C/C#CC(C)(C)C)Cc1cccc(OC[Si](C)(C)c2ccc3ccccc3c2)c1. The second-order valence-electron chi connectivity index (χ2n) is 11.7. The van der Waals surface area contributed by atoms with Gasteiger partial charge in [0.25, 0.3) is 0 Å². The molecule has 0 amide bonds. The molecule has 0 aliphatic rings. The Labute approximate surface area is 221 Å². The van der Waals surface area contributed by atoms with Crippen molar-refractivity contribution in [1.82, 2.24) is 0 Å². The Balaban J connectivity index is 1.52. The number of unbranched alkanes of at least 4 members (excludes halogenated alkanes) is 1. The van der Waals surface area contributed by atoms with Gasteiger partial charge in [0, 0.05) is 5.41 Å². The summed E-state index contributed by atoms with van der Waals surface area (Å²) in [6.45, 7) is 13.6. The van der Waals surface area contributed by atoms with Crippen LogP contribution in [-0.2, 0) is 6.42 Å². The molecule has 3 aromatic carbocycles. The average Bonchev–Trinajstić information content (AvgIpc) is 2.85. The lowest BCUT2D eigenvalue weighted by atomic mass is 9.92. The van der Waals surface area contributed by atoms with Crippen molar-refractivity contribution in [2.75, 3.05) is 6.23 Å². The van der Waals surface area contributed by atoms with Crippen molar-refractivity contribution in [1.29, 1.82) is 0 Å². The molecule has 1 nitrogen and oxygen atoms in total. The van der Waals surface area contributed by atoms with Crippen LogP contribution in [0.25, 0.3) is 10.8 Å². The Morgan fingerprint density at radius 2 is 1.72 bits per heavy atom. The predicted molar refractivity (Wildman–Crippen MR) is 161 cm³/mol. The highest BCUT2D eigenvalue weighted by atomic mass is 28.3. The van der Waals surface area contributed by atoms with E-state index in [1.54, 1.807) is 0 Å². The third-order valence-corrected chi connectivity index (χ3v) is 9.50. The van der Waals surface area contributed by atoms with E-state index in [-0.39, 0.29) is 5.41 Å². The molecule has 0 bridgehead atoms. The van der Waals surface area contributed by atoms with E-state index in [0.29, 0.717) is 5.92 Å². The Bertz CT molecular complexity index is 1200. The monoisotopic (exact) mass is 496 g/mol. The highest BCUT2D eigenvalue weighted by molar-refractivity contribution is 6.89. The van der Waals surface area contributed by atoms with Crippen LogP contribution in [0.2, 0.25) is 13.1 Å². The van der Waals surface area contributed by atoms with Crippen LogP contribution < -0.4 is 9.92 Å². The molecule has 0 radical (unpaired) electrons. The summed E-state index contributed by atoms with van der Waals surface area (Å²) in [5.41, 5.74) is 1.46. The fraction of sp³-hybridized carbons (Fsp3) is 0.412. The minimum Gasteiger partial charge on any atom is -0.497 e. The summed E-state index contributed by atoms with van der Waals surface area (Å²) in [6.07, 6.45) is 10.9. The second-order valence-corrected chi connectivity index (χ2v) is 16.3. The van der Waals surface area contributed by atoms with Crippen LogP contribution in [0.1, 0.15) is 58.9 Å². The highest BCUT2D eigenvalue weighted by Crippen LogP contribution is 2.23. The van der Waals surface area contributed by atoms with Crippen molar-refractivity contribution in [2.45, 2.75) is 72.9 Å². The van der Waals surface area contributed by atoms with Crippen LogP contribution in [0, 0.1) is 23.2 Å². The van der Waals surface area contributed by atoms with Crippen LogP contribution in [0.4, 0.5) is 0 Å². The summed E-state index contributed by atoms with van der Waals surface area (Å²) in [4.78, 5) is 0. The minimum atomic E-state index is -1.72. The molecule has 1 atom stereocenters. The molecule has 36 heavy (non-hydrogen) atoms. The van der Waals surface area contributed by atoms with Crippen molar-refractivity contribution in [3.05, 3.63) is 84.4 Å². The molecule has 190 valence electrons. The summed E-state index contributed by atoms with van der Waals surface area (Å²) in [7, 11) is -1.72. The molecule has 3 aromatic rings. The molecule has 0 spiro atoms. The number of hydrogen-bond donors (Lipinski definition) is 0. The number of fused-ring (bicyclic) bond motifs is 1. The van der Waals surface area contributed by atoms with Gasteiger partial charge in [-0.2, -0.15) is 0 Å². The molecule has 0 aromatic heterocycles. The first-order chi connectivity index (χ1) is 17.2. The van der Waals surface area contributed by atoms with E-state index >= 15 is 0 Å². The molecule has 0 saturated carbocycles. The lowest BCUT2D eigenvalue weighted by molar-refractivity contribution is 0.378. The van der Waals surface area contributed by atoms with Gasteiger partial charge in [0.1, 0.15) is 13.8 Å². The molecule has 3 rings (SSSR count). The van der Waals surface area contributed by atoms with Gasteiger partial charge >= 0.3 is 0 Å². The van der Waals surface area contributed by atoms with Crippen LogP contribution >= 0.6 is 0 Å². The number of rotatable bonds is 11. The van der Waals surface area contributed by atoms with Gasteiger partial charge in [-0.15, -0.1) is 0 Å². The number of allylic oxidation sites excluding steroid dienone is 2. The van der Waals surface area contributed by atoms with E-state index in [2.05, 4.69) is 125 Å². The van der Waals surface area contributed by atoms with Gasteiger partial charge < -0.3 is 4.74 Å². The fourth-order valence-electron chi connectivity index (χ4n) is 4.43. The Kier molecular flexibility index (Phi) is 10.0. The first-order valence-electron chi connectivity index (χ1n) is 13.5. The standard InChI is InChI=1S/C34H44OSi/c1-7-28(16-11-9-8-10-14-23-34(2,3)4)24-29-17-15-20-32(25-29)35-27-36(5,6)33-22-21-30-18-12-13-19-31(30)26-33/h8,10,12-13,15,17-22,25-26,28H,7,9,11,16,24,27H2,1-6H3/b10-8+. The van der Waals surface area contributed by atoms with Crippen LogP contribution in [-0.4, -0.2) is 14.3 Å². The molecular weight excluding hydrogens is 452 g/mol. The van der Waals surface area contributed by atoms with E-state index in [9.17, 15) is 0 Å². The maximum Gasteiger partial charge on any atom is 0.124 e. The zero-order valence-corrected chi connectivity index (χ0v) is 24.2. The fourth-order valence-corrected chi connectivity index (χ4v) is 6.20. The lowest BCUT2D eigenvalue weighted by Gasteiger charge is -2.24. The summed E-state index contributed by atoms with van der Waals surface area (Å²) in [5, 5.41) is 4.06. The summed E-state index contributed by atoms with van der Waals surface area (Å²) >= 11 is 0. The van der Waals surface area contributed by atoms with Crippen molar-refractivity contribution in [2.24, 2.45) is 11.3 Å². The van der Waals surface area contributed by atoms with Crippen molar-refractivity contribution in [3.8, 4) is 17.6 Å². The topological polar surface area (TPSA) is 9.23 Å². The molecule has 0 aliphatic heterocycles. The lowest BCUT2D eigenvalue weighted by Crippen LogP contribution is -2.47. The molecule has 2 heteroatoms. The van der Waals surface area contributed by atoms with E-state index in [1.165, 1.54) is 40.8 Å². The second kappa shape index (κ2) is 13.0. The maximum absolute atomic E-state index is 6.39. The van der Waals surface area contributed by atoms with Crippen molar-refractivity contribution >= 4 is 24.0 Å². The van der Waals surface area contributed by atoms with Crippen molar-refractivity contribution < 1.29 is 4.74 Å². The van der Waals surface area contributed by atoms with Crippen LogP contribution in [0.15, 0.2) is 78.9 Å². The smallest absolute Gasteiger partial charge is 0.124 e. The van der Waals surface area contributed by atoms with Gasteiger partial charge in [0.2, 0.25) is 0 Å². The van der Waals surface area contributed by atoms with E-state index in [0.717, 1.165) is 24.8 Å². The van der Waals surface area contributed by atoms with Gasteiger partial charge in [-0.1, -0.05) is 104 Å². The highest BCUT2D eigenvalue weighted by Gasteiger charge is 2.25. The summed E-state index contributed by atoms with van der Waals surface area (Å²) < 4.78 is 6.39. The number of ether oxygens (including phenoxy) is 1. The molecule has 0 heterocycles. The van der Waals surface area contributed by atoms with Gasteiger partial charge in [-0.05, 0) is 86.9 Å². The molecular formula is C34H44OSi. The average molecular weight is 497 g/mol. The Hall–Kier alpha value is -2.76. The van der Waals surface area contributed by atoms with Crippen LogP contribution in [0.3, 0.4) is 0 Å². The van der Waals surface area contributed by atoms with E-state index in [1.807, 2.05) is 6.08 Å². The first kappa shape index (κ1) is 27.8. The van der Waals surface area contributed by atoms with Gasteiger partial charge in [-0.3, -0.25) is 0 Å². The Morgan fingerprint density at radius 1 is 0.944 bits per heavy atom. The molecule has 0 fully saturated rings. The van der Waals surface area contributed by atoms with E-state index in [4.69, 9.17) is 4.74 Å². The van der Waals surface area contributed by atoms with Gasteiger partial charge in [0.15, 0.2) is 0 Å². The van der Waals surface area contributed by atoms with Crippen molar-refractivity contribution in [3.63, 3.8) is 0 Å². The largest absolute Gasteiger partial charge is 0.497 e. The number of hydrogen-bond acceptors (Lipinski definition) is 1. The third kappa shape index (κ3) is 9.03. The quantitative estimate of drug-likeness (QED) is 0.146. The zero-order valence-electron chi connectivity index (χ0n) is 23.2. The van der Waals surface area contributed by atoms with Gasteiger partial charge in [0.05, 0.1) is 6.23 Å². The predicted octanol–water partition coefficient (Wildman–Crippen LogP) is 8.72. The zero-order chi connectivity index (χ0) is 26.0. The number of benzene rings is 3.